The van der Waals surface area contributed by atoms with Gasteiger partial charge in [-0.2, -0.15) is 5.10 Å². The van der Waals surface area contributed by atoms with Gasteiger partial charge in [0.25, 0.3) is 0 Å². The number of halogens is 2. The Bertz CT molecular complexity index is 1040. The van der Waals surface area contributed by atoms with Crippen LogP contribution in [0.25, 0.3) is 6.08 Å². The summed E-state index contributed by atoms with van der Waals surface area (Å²) in [5, 5.41) is 6.88. The predicted octanol–water partition coefficient (Wildman–Crippen LogP) is 4.79. The quantitative estimate of drug-likeness (QED) is 0.646. The van der Waals surface area contributed by atoms with Crippen molar-refractivity contribution in [2.45, 2.75) is 27.3 Å². The van der Waals surface area contributed by atoms with Crippen LogP contribution in [0.2, 0.25) is 0 Å². The zero-order chi connectivity index (χ0) is 20.3. The van der Waals surface area contributed by atoms with Crippen molar-refractivity contribution in [2.75, 3.05) is 5.32 Å². The lowest BCUT2D eigenvalue weighted by Crippen LogP contribution is -2.10. The highest BCUT2D eigenvalue weighted by Crippen LogP contribution is 2.18. The Hall–Kier alpha value is -3.28. The molecule has 6 heteroatoms. The van der Waals surface area contributed by atoms with Crippen LogP contribution in [0.3, 0.4) is 0 Å². The number of nitrogens with one attached hydrogen (secondary N) is 1. The molecule has 144 valence electrons. The van der Waals surface area contributed by atoms with Crippen molar-refractivity contribution >= 4 is 17.7 Å². The summed E-state index contributed by atoms with van der Waals surface area (Å²) < 4.78 is 28.8. The van der Waals surface area contributed by atoms with Crippen LogP contribution < -0.4 is 5.32 Å². The van der Waals surface area contributed by atoms with Crippen molar-refractivity contribution in [3.63, 3.8) is 0 Å². The van der Waals surface area contributed by atoms with Gasteiger partial charge < -0.3 is 5.32 Å². The predicted molar refractivity (Wildman–Crippen MR) is 106 cm³/mol. The Kier molecular flexibility index (Phi) is 5.68. The first-order chi connectivity index (χ1) is 13.3. The van der Waals surface area contributed by atoms with Gasteiger partial charge in [0, 0.05) is 17.3 Å². The number of carbonyl (C=O) groups is 1. The molecule has 0 saturated heterocycles. The maximum atomic E-state index is 13.7. The number of anilines is 1. The third-order valence-corrected chi connectivity index (χ3v) is 4.50. The first-order valence-corrected chi connectivity index (χ1v) is 8.88. The highest BCUT2D eigenvalue weighted by molar-refractivity contribution is 6.02. The van der Waals surface area contributed by atoms with Gasteiger partial charge in [-0.25, -0.2) is 8.78 Å². The minimum absolute atomic E-state index is 0.196. The van der Waals surface area contributed by atoms with Gasteiger partial charge in [0.1, 0.15) is 0 Å². The summed E-state index contributed by atoms with van der Waals surface area (Å²) >= 11 is 0. The molecule has 0 bridgehead atoms. The molecule has 2 aromatic carbocycles. The molecule has 1 N–H and O–H groups in total. The second kappa shape index (κ2) is 8.17. The van der Waals surface area contributed by atoms with Gasteiger partial charge in [0.2, 0.25) is 5.91 Å². The molecule has 3 aromatic rings. The second-order valence-corrected chi connectivity index (χ2v) is 6.65. The van der Waals surface area contributed by atoms with E-state index in [2.05, 4.69) is 34.7 Å². The largest absolute Gasteiger partial charge is 0.320 e. The van der Waals surface area contributed by atoms with Crippen molar-refractivity contribution in [1.29, 1.82) is 0 Å². The molecule has 0 spiro atoms. The maximum absolute atomic E-state index is 13.7. The van der Waals surface area contributed by atoms with E-state index in [1.807, 2.05) is 25.5 Å². The van der Waals surface area contributed by atoms with Crippen LogP contribution >= 0.6 is 0 Å². The number of hydrogen-bond donors (Lipinski definition) is 1. The van der Waals surface area contributed by atoms with Crippen LogP contribution in [0.5, 0.6) is 0 Å². The van der Waals surface area contributed by atoms with Crippen LogP contribution in [0, 0.1) is 32.4 Å². The Morgan fingerprint density at radius 1 is 1.11 bits per heavy atom. The van der Waals surface area contributed by atoms with Gasteiger partial charge in [0.05, 0.1) is 17.9 Å². The monoisotopic (exact) mass is 381 g/mol. The van der Waals surface area contributed by atoms with Crippen molar-refractivity contribution < 1.29 is 13.6 Å². The third-order valence-electron chi connectivity index (χ3n) is 4.50. The van der Waals surface area contributed by atoms with Gasteiger partial charge in [0.15, 0.2) is 11.6 Å². The Morgan fingerprint density at radius 3 is 2.54 bits per heavy atom. The van der Waals surface area contributed by atoms with E-state index in [1.165, 1.54) is 23.8 Å². The lowest BCUT2D eigenvalue weighted by molar-refractivity contribution is -0.111. The Balaban J connectivity index is 1.74. The fraction of sp³-hybridized carbons (Fsp3) is 0.182. The smallest absolute Gasteiger partial charge is 0.248 e. The Morgan fingerprint density at radius 2 is 1.82 bits per heavy atom. The lowest BCUT2D eigenvalue weighted by atomic mass is 10.1. The number of carbonyl (C=O) groups excluding carboxylic acids is 1. The molecule has 28 heavy (non-hydrogen) atoms. The molecule has 0 unspecified atom stereocenters. The molecular formula is C22H21F2N3O. The topological polar surface area (TPSA) is 46.9 Å². The highest BCUT2D eigenvalue weighted by atomic mass is 19.2. The highest BCUT2D eigenvalue weighted by Gasteiger charge is 2.12. The van der Waals surface area contributed by atoms with Crippen LogP contribution in [-0.4, -0.2) is 15.7 Å². The summed E-state index contributed by atoms with van der Waals surface area (Å²) in [6.07, 6.45) is 2.92. The fourth-order valence-electron chi connectivity index (χ4n) is 2.91. The minimum atomic E-state index is -1.08. The lowest BCUT2D eigenvalue weighted by Gasteiger charge is -2.05. The van der Waals surface area contributed by atoms with Crippen LogP contribution in [0.4, 0.5) is 14.5 Å². The van der Waals surface area contributed by atoms with E-state index in [4.69, 9.17) is 0 Å². The molecule has 1 aromatic heterocycles. The molecule has 0 atom stereocenters. The van der Waals surface area contributed by atoms with Gasteiger partial charge in [-0.05, 0) is 44.5 Å². The van der Waals surface area contributed by atoms with E-state index in [0.717, 1.165) is 28.6 Å². The van der Waals surface area contributed by atoms with E-state index >= 15 is 0 Å². The Labute approximate surface area is 162 Å². The second-order valence-electron chi connectivity index (χ2n) is 6.65. The minimum Gasteiger partial charge on any atom is -0.320 e. The average Bonchev–Trinajstić information content (AvgIpc) is 2.92. The van der Waals surface area contributed by atoms with Crippen molar-refractivity contribution in [1.82, 2.24) is 9.78 Å². The van der Waals surface area contributed by atoms with Crippen molar-refractivity contribution in [3.05, 3.63) is 88.3 Å². The average molecular weight is 381 g/mol. The van der Waals surface area contributed by atoms with E-state index in [9.17, 15) is 13.6 Å². The molecule has 1 heterocycles. The zero-order valence-corrected chi connectivity index (χ0v) is 16.0. The van der Waals surface area contributed by atoms with Gasteiger partial charge in [-0.1, -0.05) is 35.9 Å². The summed E-state index contributed by atoms with van der Waals surface area (Å²) in [6.45, 7) is 6.46. The maximum Gasteiger partial charge on any atom is 0.248 e. The summed E-state index contributed by atoms with van der Waals surface area (Å²) in [5.41, 5.74) is 4.65. The summed E-state index contributed by atoms with van der Waals surface area (Å²) in [5.74, 6) is -2.64. The van der Waals surface area contributed by atoms with Crippen molar-refractivity contribution in [2.24, 2.45) is 0 Å². The van der Waals surface area contributed by atoms with Gasteiger partial charge >= 0.3 is 0 Å². The molecule has 0 fully saturated rings. The normalized spacial score (nSPS) is 11.2. The first-order valence-electron chi connectivity index (χ1n) is 8.88. The summed E-state index contributed by atoms with van der Waals surface area (Å²) in [6, 6.07) is 11.9. The summed E-state index contributed by atoms with van der Waals surface area (Å²) in [4.78, 5) is 12.1. The fourth-order valence-corrected chi connectivity index (χ4v) is 2.91. The molecule has 0 radical (unpaired) electrons. The zero-order valence-electron chi connectivity index (χ0n) is 16.0. The van der Waals surface area contributed by atoms with E-state index in [1.54, 1.807) is 6.08 Å². The molecule has 0 aliphatic carbocycles. The third kappa shape index (κ3) is 4.34. The van der Waals surface area contributed by atoms with E-state index in [-0.39, 0.29) is 5.69 Å². The molecule has 0 saturated carbocycles. The number of rotatable bonds is 5. The van der Waals surface area contributed by atoms with Crippen LogP contribution in [0.15, 0.2) is 48.5 Å². The SMILES string of the molecule is Cc1ccc(Cn2nc(C)c(/C=C/C(=O)Nc3cccc(F)c3F)c2C)cc1. The van der Waals surface area contributed by atoms with Gasteiger partial charge in [-0.3, -0.25) is 9.48 Å². The standard InChI is InChI=1S/C22H21F2N3O/c1-14-7-9-17(10-8-14)13-27-16(3)18(15(2)26-27)11-12-21(28)25-20-6-4-5-19(23)22(20)24/h4-12H,13H2,1-3H3,(H,25,28)/b12-11+. The first kappa shape index (κ1) is 19.5. The number of aryl methyl sites for hydroxylation is 2. The number of hydrogen-bond acceptors (Lipinski definition) is 2. The number of aromatic nitrogens is 2. The number of nitrogens with zero attached hydrogens (tertiary/aromatic N) is 2. The molecule has 1 amide bonds. The number of amides is 1. The van der Waals surface area contributed by atoms with E-state index < -0.39 is 17.5 Å². The molecule has 0 aliphatic rings. The van der Waals surface area contributed by atoms with Crippen molar-refractivity contribution in [3.8, 4) is 0 Å². The van der Waals surface area contributed by atoms with E-state index in [0.29, 0.717) is 6.54 Å². The molecule has 4 nitrogen and oxygen atoms in total. The number of benzene rings is 2. The molecule has 0 aliphatic heterocycles. The van der Waals surface area contributed by atoms with Crippen LogP contribution in [0.1, 0.15) is 28.1 Å². The summed E-state index contributed by atoms with van der Waals surface area (Å²) in [7, 11) is 0. The molecule has 3 rings (SSSR count). The van der Waals surface area contributed by atoms with Crippen LogP contribution in [-0.2, 0) is 11.3 Å². The molecular weight excluding hydrogens is 360 g/mol. The van der Waals surface area contributed by atoms with Gasteiger partial charge in [-0.15, -0.1) is 0 Å².